The van der Waals surface area contributed by atoms with Crippen LogP contribution in [0.5, 0.6) is 11.5 Å². The lowest BCUT2D eigenvalue weighted by atomic mass is 9.98. The highest BCUT2D eigenvalue weighted by molar-refractivity contribution is 5.83. The second-order valence-electron chi connectivity index (χ2n) is 7.30. The largest absolute Gasteiger partial charge is 0.486 e. The van der Waals surface area contributed by atoms with E-state index in [4.69, 9.17) is 19.0 Å². The summed E-state index contributed by atoms with van der Waals surface area (Å²) >= 11 is 0. The Morgan fingerprint density at radius 1 is 1.03 bits per heavy atom. The molecule has 0 atom stereocenters. The van der Waals surface area contributed by atoms with Crippen LogP contribution in [-0.2, 0) is 30.7 Å². The predicted octanol–water partition coefficient (Wildman–Crippen LogP) is 5.99. The van der Waals surface area contributed by atoms with Crippen LogP contribution in [-0.4, -0.2) is 17.9 Å². The molecule has 3 rings (SSSR count). The molecule has 0 spiro atoms. The van der Waals surface area contributed by atoms with Crippen molar-refractivity contribution in [2.75, 3.05) is 6.86 Å². The lowest BCUT2D eigenvalue weighted by Crippen LogP contribution is -2.04. The summed E-state index contributed by atoms with van der Waals surface area (Å²) in [5.41, 5.74) is 2.75. The number of aliphatic carboxylic acids is 1. The Balaban J connectivity index is 1.89. The monoisotopic (exact) mass is 432 g/mol. The molecule has 0 amide bonds. The van der Waals surface area contributed by atoms with Gasteiger partial charge in [-0.2, -0.15) is 0 Å². The first kappa shape index (κ1) is 22.6. The third-order valence-corrected chi connectivity index (χ3v) is 5.05. The second-order valence-corrected chi connectivity index (χ2v) is 7.30. The Morgan fingerprint density at radius 3 is 2.48 bits per heavy atom. The van der Waals surface area contributed by atoms with Crippen molar-refractivity contribution in [1.29, 1.82) is 0 Å². The van der Waals surface area contributed by atoms with E-state index in [-0.39, 0.29) is 25.2 Å². The van der Waals surface area contributed by atoms with Gasteiger partial charge in [0.25, 0.3) is 0 Å². The third kappa shape index (κ3) is 5.54. The summed E-state index contributed by atoms with van der Waals surface area (Å²) in [4.78, 5) is 10.9. The molecule has 0 bridgehead atoms. The van der Waals surface area contributed by atoms with Gasteiger partial charge in [-0.25, -0.2) is 8.78 Å². The molecule has 1 aromatic heterocycles. The maximum absolute atomic E-state index is 14.7. The smallest absolute Gasteiger partial charge is 0.303 e. The fourth-order valence-corrected chi connectivity index (χ4v) is 3.56. The third-order valence-electron chi connectivity index (χ3n) is 5.05. The van der Waals surface area contributed by atoms with Gasteiger partial charge in [-0.15, -0.1) is 0 Å². The second kappa shape index (κ2) is 10.3. The van der Waals surface area contributed by atoms with E-state index in [1.807, 2.05) is 19.9 Å². The van der Waals surface area contributed by atoms with Crippen LogP contribution in [0.15, 0.2) is 34.7 Å². The van der Waals surface area contributed by atoms with Gasteiger partial charge in [0.05, 0.1) is 0 Å². The van der Waals surface area contributed by atoms with Crippen LogP contribution in [0.2, 0.25) is 0 Å². The zero-order valence-electron chi connectivity index (χ0n) is 17.7. The van der Waals surface area contributed by atoms with Crippen molar-refractivity contribution in [2.24, 2.45) is 0 Å². The van der Waals surface area contributed by atoms with Crippen LogP contribution in [0.1, 0.15) is 49.1 Å². The van der Waals surface area contributed by atoms with E-state index >= 15 is 0 Å². The molecule has 5 nitrogen and oxygen atoms in total. The Kier molecular flexibility index (Phi) is 7.50. The molecule has 0 aliphatic carbocycles. The van der Waals surface area contributed by atoms with Gasteiger partial charge in [-0.1, -0.05) is 20.3 Å². The first-order valence-electron chi connectivity index (χ1n) is 10.3. The molecule has 3 aromatic rings. The summed E-state index contributed by atoms with van der Waals surface area (Å²) < 4.78 is 44.0. The summed E-state index contributed by atoms with van der Waals surface area (Å²) in [7, 11) is 0. The van der Waals surface area contributed by atoms with Crippen molar-refractivity contribution >= 4 is 16.9 Å². The molecular weight excluding hydrogens is 406 g/mol. The summed E-state index contributed by atoms with van der Waals surface area (Å²) in [5, 5.41) is 9.70. The minimum Gasteiger partial charge on any atom is -0.486 e. The lowest BCUT2D eigenvalue weighted by molar-refractivity contribution is -0.136. The average molecular weight is 432 g/mol. The van der Waals surface area contributed by atoms with Crippen LogP contribution < -0.4 is 9.47 Å². The molecule has 31 heavy (non-hydrogen) atoms. The molecule has 0 fully saturated rings. The van der Waals surface area contributed by atoms with Gasteiger partial charge in [-0.05, 0) is 54.3 Å². The Bertz CT molecular complexity index is 1060. The van der Waals surface area contributed by atoms with E-state index in [9.17, 15) is 13.6 Å². The molecule has 0 radical (unpaired) electrons. The maximum atomic E-state index is 14.7. The SMILES string of the molecule is CCCc1cc(OCc2cc(OCF)cc3cc(CC)oc23)c(F)cc1CCC(=O)O. The van der Waals surface area contributed by atoms with Crippen LogP contribution >= 0.6 is 0 Å². The number of carboxylic acid groups (broad SMARTS) is 1. The van der Waals surface area contributed by atoms with Crippen molar-refractivity contribution in [3.05, 3.63) is 58.6 Å². The highest BCUT2D eigenvalue weighted by Crippen LogP contribution is 2.31. The van der Waals surface area contributed by atoms with Gasteiger partial charge >= 0.3 is 5.97 Å². The summed E-state index contributed by atoms with van der Waals surface area (Å²) in [5.74, 6) is -0.287. The number of hydrogen-bond acceptors (Lipinski definition) is 4. The van der Waals surface area contributed by atoms with Crippen LogP contribution in [0.25, 0.3) is 11.0 Å². The number of rotatable bonds is 11. The van der Waals surface area contributed by atoms with Gasteiger partial charge in [0.2, 0.25) is 6.86 Å². The number of benzene rings is 2. The number of ether oxygens (including phenoxy) is 2. The first-order chi connectivity index (χ1) is 14.9. The molecule has 7 heteroatoms. The van der Waals surface area contributed by atoms with Gasteiger partial charge < -0.3 is 19.0 Å². The fourth-order valence-electron chi connectivity index (χ4n) is 3.56. The summed E-state index contributed by atoms with van der Waals surface area (Å²) in [6.07, 6.45) is 2.42. The number of aryl methyl sites for hydroxylation is 3. The number of furan rings is 1. The van der Waals surface area contributed by atoms with Crippen LogP contribution in [0.3, 0.4) is 0 Å². The minimum absolute atomic E-state index is 0.00755. The molecule has 0 aliphatic rings. The first-order valence-corrected chi connectivity index (χ1v) is 10.3. The van der Waals surface area contributed by atoms with Gasteiger partial charge in [0.15, 0.2) is 11.6 Å². The standard InChI is InChI=1S/C24H26F2O5/c1-3-5-15-12-22(21(26)11-16(15)6-7-23(27)28)29-13-18-10-20(30-14-25)9-17-8-19(4-2)31-24(17)18/h8-12H,3-7,13-14H2,1-2H3,(H,27,28). The van der Waals surface area contributed by atoms with E-state index in [1.54, 1.807) is 18.2 Å². The van der Waals surface area contributed by atoms with Crippen molar-refractivity contribution < 1.29 is 32.6 Å². The van der Waals surface area contributed by atoms with E-state index in [2.05, 4.69) is 0 Å². The normalized spacial score (nSPS) is 11.1. The molecular formula is C24H26F2O5. The fraction of sp³-hybridized carbons (Fsp3) is 0.375. The number of fused-ring (bicyclic) bond motifs is 1. The molecule has 0 unspecified atom stereocenters. The topological polar surface area (TPSA) is 68.9 Å². The molecule has 2 aromatic carbocycles. The van der Waals surface area contributed by atoms with Crippen molar-refractivity contribution in [1.82, 2.24) is 0 Å². The van der Waals surface area contributed by atoms with E-state index < -0.39 is 18.6 Å². The quantitative estimate of drug-likeness (QED) is 0.403. The number of carboxylic acids is 1. The summed E-state index contributed by atoms with van der Waals surface area (Å²) in [6.45, 7) is 3.01. The van der Waals surface area contributed by atoms with Crippen LogP contribution in [0, 0.1) is 5.82 Å². The Morgan fingerprint density at radius 2 is 1.81 bits per heavy atom. The van der Waals surface area contributed by atoms with E-state index in [0.717, 1.165) is 23.1 Å². The number of halogens is 2. The number of hydrogen-bond donors (Lipinski definition) is 1. The van der Waals surface area contributed by atoms with E-state index in [0.29, 0.717) is 35.3 Å². The van der Waals surface area contributed by atoms with Crippen molar-refractivity contribution in [2.45, 2.75) is 52.6 Å². The zero-order valence-corrected chi connectivity index (χ0v) is 17.7. The van der Waals surface area contributed by atoms with Gasteiger partial charge in [0.1, 0.15) is 23.7 Å². The maximum Gasteiger partial charge on any atom is 0.303 e. The molecule has 166 valence electrons. The molecule has 1 heterocycles. The van der Waals surface area contributed by atoms with Crippen molar-refractivity contribution in [3.8, 4) is 11.5 Å². The van der Waals surface area contributed by atoms with E-state index in [1.165, 1.54) is 6.07 Å². The molecule has 0 aliphatic heterocycles. The highest BCUT2D eigenvalue weighted by Gasteiger charge is 2.15. The molecule has 0 saturated carbocycles. The lowest BCUT2D eigenvalue weighted by Gasteiger charge is -2.14. The van der Waals surface area contributed by atoms with Gasteiger partial charge in [-0.3, -0.25) is 4.79 Å². The minimum atomic E-state index is -0.961. The average Bonchev–Trinajstić information content (AvgIpc) is 3.16. The highest BCUT2D eigenvalue weighted by atomic mass is 19.1. The zero-order chi connectivity index (χ0) is 22.4. The predicted molar refractivity (Wildman–Crippen MR) is 113 cm³/mol. The summed E-state index contributed by atoms with van der Waals surface area (Å²) in [6, 6.07) is 8.16. The van der Waals surface area contributed by atoms with Gasteiger partial charge in [0, 0.05) is 23.8 Å². The van der Waals surface area contributed by atoms with Crippen molar-refractivity contribution in [3.63, 3.8) is 0 Å². The molecule has 0 saturated heterocycles. The Labute approximate surface area is 179 Å². The Hall–Kier alpha value is -3.09. The van der Waals surface area contributed by atoms with Crippen LogP contribution in [0.4, 0.5) is 8.78 Å². The number of carbonyl (C=O) groups is 1. The number of alkyl halides is 1. The molecule has 1 N–H and O–H groups in total.